The Balaban J connectivity index is 2.04. The van der Waals surface area contributed by atoms with E-state index in [-0.39, 0.29) is 12.3 Å². The number of primary amides is 1. The van der Waals surface area contributed by atoms with Gasteiger partial charge in [0.15, 0.2) is 0 Å². The number of nitrogens with zero attached hydrogens (tertiary/aromatic N) is 2. The van der Waals surface area contributed by atoms with Gasteiger partial charge in [-0.25, -0.2) is 9.59 Å². The van der Waals surface area contributed by atoms with Gasteiger partial charge in [0.2, 0.25) is 0 Å². The summed E-state index contributed by atoms with van der Waals surface area (Å²) < 4.78 is 10.6. The summed E-state index contributed by atoms with van der Waals surface area (Å²) in [6.45, 7) is 2.62. The van der Waals surface area contributed by atoms with Crippen molar-refractivity contribution in [1.29, 1.82) is 0 Å². The molecule has 3 unspecified atom stereocenters. The van der Waals surface area contributed by atoms with E-state index in [9.17, 15) is 9.59 Å². The van der Waals surface area contributed by atoms with Crippen LogP contribution in [-0.2, 0) is 10.2 Å². The smallest absolute Gasteiger partial charge is 0.412 e. The fourth-order valence-corrected chi connectivity index (χ4v) is 4.09. The van der Waals surface area contributed by atoms with Crippen molar-refractivity contribution < 1.29 is 19.1 Å². The first kappa shape index (κ1) is 16.4. The normalized spacial score (nSPS) is 28.2. The number of nitrogens with one attached hydrogen (secondary N) is 1. The topological polar surface area (TPSA) is 97.1 Å². The standard InChI is InChI=1S/C16H22N4O4/c1-16-10-7-9(23-15(22)18-2)5-6-11(10)20(4)13(16)19(3)8-12(16)24-14(17)21/h5-7,12-13H,8H2,1-4H3,(H2,17,21)(H,18,22). The molecule has 0 radical (unpaired) electrons. The number of carbonyl (C=O) groups is 2. The van der Waals surface area contributed by atoms with E-state index in [0.29, 0.717) is 12.3 Å². The molecule has 1 aromatic carbocycles. The first-order valence-electron chi connectivity index (χ1n) is 7.72. The van der Waals surface area contributed by atoms with Gasteiger partial charge in [0.25, 0.3) is 0 Å². The zero-order chi connectivity index (χ0) is 17.6. The number of amides is 2. The van der Waals surface area contributed by atoms with Gasteiger partial charge in [-0.2, -0.15) is 0 Å². The highest BCUT2D eigenvalue weighted by molar-refractivity contribution is 5.72. The van der Waals surface area contributed by atoms with Gasteiger partial charge >= 0.3 is 12.2 Å². The first-order valence-corrected chi connectivity index (χ1v) is 7.72. The molecule has 24 heavy (non-hydrogen) atoms. The Morgan fingerprint density at radius 3 is 2.71 bits per heavy atom. The Hall–Kier alpha value is -2.48. The summed E-state index contributed by atoms with van der Waals surface area (Å²) in [5.74, 6) is 0.441. The van der Waals surface area contributed by atoms with Crippen LogP contribution >= 0.6 is 0 Å². The number of nitrogens with two attached hydrogens (primary N) is 1. The van der Waals surface area contributed by atoms with Crippen molar-refractivity contribution in [3.63, 3.8) is 0 Å². The zero-order valence-electron chi connectivity index (χ0n) is 14.2. The Labute approximate surface area is 140 Å². The molecule has 0 bridgehead atoms. The third kappa shape index (κ3) is 2.25. The average molecular weight is 334 g/mol. The van der Waals surface area contributed by atoms with Crippen LogP contribution in [0.4, 0.5) is 15.3 Å². The highest BCUT2D eigenvalue weighted by atomic mass is 16.6. The summed E-state index contributed by atoms with van der Waals surface area (Å²) in [6, 6.07) is 5.49. The molecule has 1 aromatic rings. The Bertz CT molecular complexity index is 695. The fraction of sp³-hybridized carbons (Fsp3) is 0.500. The molecule has 3 rings (SSSR count). The minimum Gasteiger partial charge on any atom is -0.444 e. The summed E-state index contributed by atoms with van der Waals surface area (Å²) in [5, 5.41) is 2.42. The number of hydrogen-bond acceptors (Lipinski definition) is 6. The van der Waals surface area contributed by atoms with Crippen LogP contribution in [0, 0.1) is 0 Å². The van der Waals surface area contributed by atoms with Crippen molar-refractivity contribution in [1.82, 2.24) is 10.2 Å². The number of likely N-dealkylation sites (tertiary alicyclic amines) is 1. The third-order valence-corrected chi connectivity index (χ3v) is 5.04. The molecule has 0 saturated carbocycles. The quantitative estimate of drug-likeness (QED) is 0.832. The molecule has 0 aromatic heterocycles. The number of rotatable bonds is 2. The van der Waals surface area contributed by atoms with Gasteiger partial charge in [-0.05, 0) is 37.7 Å². The maximum Gasteiger partial charge on any atom is 0.412 e. The van der Waals surface area contributed by atoms with Crippen LogP contribution in [-0.4, -0.2) is 57.0 Å². The summed E-state index contributed by atoms with van der Waals surface area (Å²) in [5.41, 5.74) is 6.76. The van der Waals surface area contributed by atoms with Crippen molar-refractivity contribution in [2.45, 2.75) is 24.6 Å². The van der Waals surface area contributed by atoms with Crippen LogP contribution < -0.4 is 20.7 Å². The maximum absolute atomic E-state index is 11.5. The second-order valence-electron chi connectivity index (χ2n) is 6.45. The second-order valence-corrected chi connectivity index (χ2v) is 6.45. The molecule has 2 aliphatic heterocycles. The predicted molar refractivity (Wildman–Crippen MR) is 88.2 cm³/mol. The van der Waals surface area contributed by atoms with Crippen molar-refractivity contribution in [3.8, 4) is 5.75 Å². The molecule has 0 aliphatic carbocycles. The second kappa shape index (κ2) is 5.55. The number of ether oxygens (including phenoxy) is 2. The lowest BCUT2D eigenvalue weighted by molar-refractivity contribution is 0.0792. The van der Waals surface area contributed by atoms with Crippen LogP contribution in [0.3, 0.4) is 0 Å². The van der Waals surface area contributed by atoms with E-state index in [0.717, 1.165) is 11.3 Å². The summed E-state index contributed by atoms with van der Waals surface area (Å²) in [6.07, 6.45) is -1.68. The van der Waals surface area contributed by atoms with Gasteiger partial charge in [-0.1, -0.05) is 0 Å². The van der Waals surface area contributed by atoms with E-state index in [2.05, 4.69) is 15.1 Å². The van der Waals surface area contributed by atoms with E-state index in [4.69, 9.17) is 15.2 Å². The Morgan fingerprint density at radius 2 is 2.08 bits per heavy atom. The number of fused-ring (bicyclic) bond motifs is 3. The molecule has 3 atom stereocenters. The SMILES string of the molecule is CNC(=O)Oc1ccc2c(c1)C1(C)C(OC(N)=O)CN(C)C1N2C. The molecule has 0 spiro atoms. The average Bonchev–Trinajstić information content (AvgIpc) is 2.89. The van der Waals surface area contributed by atoms with Crippen LogP contribution in [0.15, 0.2) is 18.2 Å². The molecule has 130 valence electrons. The largest absolute Gasteiger partial charge is 0.444 e. The van der Waals surface area contributed by atoms with Crippen molar-refractivity contribution >= 4 is 17.9 Å². The lowest BCUT2D eigenvalue weighted by atomic mass is 9.79. The zero-order valence-corrected chi connectivity index (χ0v) is 14.2. The number of likely N-dealkylation sites (N-methyl/N-ethyl adjacent to an activating group) is 2. The van der Waals surface area contributed by atoms with E-state index in [1.807, 2.05) is 33.2 Å². The maximum atomic E-state index is 11.5. The highest BCUT2D eigenvalue weighted by Gasteiger charge is 2.59. The van der Waals surface area contributed by atoms with Crippen LogP contribution in [0.1, 0.15) is 12.5 Å². The molecule has 2 amide bonds. The Kier molecular flexibility index (Phi) is 3.79. The van der Waals surface area contributed by atoms with Crippen molar-refractivity contribution in [2.24, 2.45) is 5.73 Å². The van der Waals surface area contributed by atoms with Gasteiger partial charge in [0.1, 0.15) is 11.9 Å². The van der Waals surface area contributed by atoms with Gasteiger partial charge in [-0.15, -0.1) is 0 Å². The molecule has 2 heterocycles. The van der Waals surface area contributed by atoms with Crippen molar-refractivity contribution in [3.05, 3.63) is 23.8 Å². The lowest BCUT2D eigenvalue weighted by Crippen LogP contribution is -2.48. The number of anilines is 1. The predicted octanol–water partition coefficient (Wildman–Crippen LogP) is 0.848. The van der Waals surface area contributed by atoms with Gasteiger partial charge < -0.3 is 25.4 Å². The number of carbonyl (C=O) groups excluding carboxylic acids is 2. The minimum atomic E-state index is -0.788. The number of hydrogen-bond donors (Lipinski definition) is 2. The first-order chi connectivity index (χ1) is 11.3. The van der Waals surface area contributed by atoms with Crippen LogP contribution in [0.2, 0.25) is 0 Å². The molecule has 1 fully saturated rings. The van der Waals surface area contributed by atoms with E-state index in [1.165, 1.54) is 7.05 Å². The van der Waals surface area contributed by atoms with Crippen LogP contribution in [0.5, 0.6) is 5.75 Å². The third-order valence-electron chi connectivity index (χ3n) is 5.04. The molecule has 1 saturated heterocycles. The van der Waals surface area contributed by atoms with Gasteiger partial charge in [0, 0.05) is 26.3 Å². The fourth-order valence-electron chi connectivity index (χ4n) is 4.09. The molecule has 8 nitrogen and oxygen atoms in total. The van der Waals surface area contributed by atoms with Crippen molar-refractivity contribution in [2.75, 3.05) is 32.6 Å². The lowest BCUT2D eigenvalue weighted by Gasteiger charge is -2.33. The van der Waals surface area contributed by atoms with E-state index in [1.54, 1.807) is 6.07 Å². The summed E-state index contributed by atoms with van der Waals surface area (Å²) in [7, 11) is 5.48. The Morgan fingerprint density at radius 1 is 1.38 bits per heavy atom. The summed E-state index contributed by atoms with van der Waals surface area (Å²) >= 11 is 0. The van der Waals surface area contributed by atoms with Gasteiger partial charge in [0.05, 0.1) is 11.6 Å². The molecule has 8 heteroatoms. The molecule has 3 N–H and O–H groups in total. The molecular formula is C16H22N4O4. The monoisotopic (exact) mass is 334 g/mol. The van der Waals surface area contributed by atoms with Gasteiger partial charge in [-0.3, -0.25) is 4.90 Å². The molecule has 2 aliphatic rings. The van der Waals surface area contributed by atoms with E-state index >= 15 is 0 Å². The molecular weight excluding hydrogens is 312 g/mol. The summed E-state index contributed by atoms with van der Waals surface area (Å²) in [4.78, 5) is 27.1. The van der Waals surface area contributed by atoms with Crippen LogP contribution in [0.25, 0.3) is 0 Å². The number of benzene rings is 1. The highest BCUT2D eigenvalue weighted by Crippen LogP contribution is 2.52. The van der Waals surface area contributed by atoms with E-state index < -0.39 is 17.6 Å². The minimum absolute atomic E-state index is 0.0205.